The van der Waals surface area contributed by atoms with Crippen molar-refractivity contribution in [2.75, 3.05) is 0 Å². The fraction of sp³-hybridized carbons (Fsp3) is 0.500. The van der Waals surface area contributed by atoms with Gasteiger partial charge >= 0.3 is 6.36 Å². The maximum absolute atomic E-state index is 13.8. The number of aryl methyl sites for hydroxylation is 1. The van der Waals surface area contributed by atoms with Gasteiger partial charge in [-0.25, -0.2) is 17.5 Å². The van der Waals surface area contributed by atoms with Gasteiger partial charge in [0, 0.05) is 5.54 Å². The van der Waals surface area contributed by atoms with Gasteiger partial charge in [-0.1, -0.05) is 6.07 Å². The molecule has 0 radical (unpaired) electrons. The number of rotatable bonds is 3. The van der Waals surface area contributed by atoms with Crippen molar-refractivity contribution < 1.29 is 30.7 Å². The summed E-state index contributed by atoms with van der Waals surface area (Å²) in [5.74, 6) is -2.73. The van der Waals surface area contributed by atoms with Gasteiger partial charge in [-0.15, -0.1) is 13.2 Å². The highest BCUT2D eigenvalue weighted by atomic mass is 32.2. The minimum Gasteiger partial charge on any atom is -0.401 e. The van der Waals surface area contributed by atoms with E-state index in [1.807, 2.05) is 0 Å². The van der Waals surface area contributed by atoms with Crippen molar-refractivity contribution in [3.8, 4) is 5.75 Å². The molecular formula is C12H15F4NO3S. The molecule has 0 aliphatic heterocycles. The zero-order valence-electron chi connectivity index (χ0n) is 11.8. The van der Waals surface area contributed by atoms with Gasteiger partial charge in [0.25, 0.3) is 0 Å². The molecule has 0 aromatic heterocycles. The predicted molar refractivity (Wildman–Crippen MR) is 67.9 cm³/mol. The van der Waals surface area contributed by atoms with E-state index >= 15 is 0 Å². The second kappa shape index (κ2) is 5.45. The van der Waals surface area contributed by atoms with Crippen molar-refractivity contribution in [2.24, 2.45) is 0 Å². The van der Waals surface area contributed by atoms with E-state index in [4.69, 9.17) is 0 Å². The fourth-order valence-electron chi connectivity index (χ4n) is 1.52. The zero-order valence-corrected chi connectivity index (χ0v) is 12.6. The minimum atomic E-state index is -5.21. The lowest BCUT2D eigenvalue weighted by molar-refractivity contribution is -0.276. The van der Waals surface area contributed by atoms with Gasteiger partial charge in [0.15, 0.2) is 11.6 Å². The number of hydrogen-bond acceptors (Lipinski definition) is 3. The molecule has 4 nitrogen and oxygen atoms in total. The SMILES string of the molecule is Cc1ccc(S(=O)(=O)NC(C)(C)C)c(OC(F)(F)F)c1F. The highest BCUT2D eigenvalue weighted by molar-refractivity contribution is 7.89. The number of ether oxygens (including phenoxy) is 1. The maximum Gasteiger partial charge on any atom is 0.573 e. The summed E-state index contributed by atoms with van der Waals surface area (Å²) >= 11 is 0. The molecule has 0 aliphatic rings. The lowest BCUT2D eigenvalue weighted by Crippen LogP contribution is -2.40. The Morgan fingerprint density at radius 1 is 1.14 bits per heavy atom. The van der Waals surface area contributed by atoms with Gasteiger partial charge in [0.2, 0.25) is 10.0 Å². The Morgan fingerprint density at radius 2 is 1.67 bits per heavy atom. The third-order valence-electron chi connectivity index (χ3n) is 2.20. The Bertz CT molecular complexity index is 633. The number of hydrogen-bond donors (Lipinski definition) is 1. The Balaban J connectivity index is 3.46. The predicted octanol–water partition coefficient (Wildman–Crippen LogP) is 3.11. The molecule has 0 bridgehead atoms. The summed E-state index contributed by atoms with van der Waals surface area (Å²) in [6.07, 6.45) is -5.21. The van der Waals surface area contributed by atoms with Crippen LogP contribution in [0.5, 0.6) is 5.75 Å². The largest absolute Gasteiger partial charge is 0.573 e. The Labute approximate surface area is 120 Å². The van der Waals surface area contributed by atoms with Gasteiger partial charge in [0.05, 0.1) is 0 Å². The van der Waals surface area contributed by atoms with Crippen molar-refractivity contribution in [1.29, 1.82) is 0 Å². The lowest BCUT2D eigenvalue weighted by atomic mass is 10.1. The summed E-state index contributed by atoms with van der Waals surface area (Å²) in [5.41, 5.74) is -1.11. The van der Waals surface area contributed by atoms with E-state index in [0.29, 0.717) is 0 Å². The van der Waals surface area contributed by atoms with Crippen molar-refractivity contribution in [1.82, 2.24) is 4.72 Å². The quantitative estimate of drug-likeness (QED) is 0.867. The normalized spacial score (nSPS) is 13.3. The van der Waals surface area contributed by atoms with Gasteiger partial charge in [-0.2, -0.15) is 0 Å². The first-order valence-electron chi connectivity index (χ1n) is 5.82. The van der Waals surface area contributed by atoms with Crippen molar-refractivity contribution >= 4 is 10.0 Å². The van der Waals surface area contributed by atoms with Crippen LogP contribution in [-0.2, 0) is 10.0 Å². The molecule has 0 spiro atoms. The molecule has 9 heteroatoms. The third-order valence-corrected chi connectivity index (χ3v) is 3.98. The summed E-state index contributed by atoms with van der Waals surface area (Å²) in [7, 11) is -4.38. The third kappa shape index (κ3) is 4.85. The molecule has 0 saturated heterocycles. The first-order chi connectivity index (χ1) is 9.23. The highest BCUT2D eigenvalue weighted by Crippen LogP contribution is 2.34. The number of nitrogens with one attached hydrogen (secondary N) is 1. The van der Waals surface area contributed by atoms with Gasteiger partial charge in [0.1, 0.15) is 4.90 Å². The molecule has 0 saturated carbocycles. The lowest BCUT2D eigenvalue weighted by Gasteiger charge is -2.22. The molecule has 0 atom stereocenters. The summed E-state index contributed by atoms with van der Waals surface area (Å²) < 4.78 is 80.8. The summed E-state index contributed by atoms with van der Waals surface area (Å²) in [5, 5.41) is 0. The number of benzene rings is 1. The Kier molecular flexibility index (Phi) is 4.59. The van der Waals surface area contributed by atoms with Crippen molar-refractivity contribution in [2.45, 2.75) is 44.5 Å². The first-order valence-corrected chi connectivity index (χ1v) is 7.30. The molecule has 0 aliphatic carbocycles. The van der Waals surface area contributed by atoms with Crippen LogP contribution < -0.4 is 9.46 Å². The smallest absolute Gasteiger partial charge is 0.401 e. The van der Waals surface area contributed by atoms with Gasteiger partial charge in [-0.3, -0.25) is 0 Å². The molecule has 0 heterocycles. The van der Waals surface area contributed by atoms with Gasteiger partial charge < -0.3 is 4.74 Å². The van der Waals surface area contributed by atoms with Crippen molar-refractivity contribution in [3.63, 3.8) is 0 Å². The molecular weight excluding hydrogens is 314 g/mol. The number of alkyl halides is 3. The van der Waals surface area contributed by atoms with E-state index in [9.17, 15) is 26.0 Å². The standard InChI is InChI=1S/C12H15F4NO3S/c1-7-5-6-8(21(18,19)17-11(2,3)4)10(9(7)13)20-12(14,15)16/h5-6,17H,1-4H3. The molecule has 0 amide bonds. The van der Waals surface area contributed by atoms with Crippen LogP contribution in [0.3, 0.4) is 0 Å². The molecule has 0 fully saturated rings. The summed E-state index contributed by atoms with van der Waals surface area (Å²) in [4.78, 5) is -0.905. The fourth-order valence-corrected chi connectivity index (χ4v) is 3.06. The van der Waals surface area contributed by atoms with Crippen LogP contribution in [0, 0.1) is 12.7 Å². The van der Waals surface area contributed by atoms with E-state index in [-0.39, 0.29) is 5.56 Å². The summed E-state index contributed by atoms with van der Waals surface area (Å²) in [6, 6.07) is 1.93. The number of halogens is 4. The minimum absolute atomic E-state index is 0.163. The van der Waals surface area contributed by atoms with Crippen LogP contribution in [-0.4, -0.2) is 20.3 Å². The Hall–Kier alpha value is -1.35. The van der Waals surface area contributed by atoms with Crippen LogP contribution in [0.15, 0.2) is 17.0 Å². The summed E-state index contributed by atoms with van der Waals surface area (Å²) in [6.45, 7) is 5.70. The first kappa shape index (κ1) is 17.7. The van der Waals surface area contributed by atoms with E-state index in [0.717, 1.165) is 12.1 Å². The Morgan fingerprint density at radius 3 is 2.10 bits per heavy atom. The molecule has 1 aromatic carbocycles. The van der Waals surface area contributed by atoms with Gasteiger partial charge in [-0.05, 0) is 39.3 Å². The molecule has 1 aromatic rings. The second-order valence-electron chi connectivity index (χ2n) is 5.43. The van der Waals surface area contributed by atoms with E-state index in [1.54, 1.807) is 0 Å². The molecule has 1 rings (SSSR count). The molecule has 21 heavy (non-hydrogen) atoms. The average molecular weight is 329 g/mol. The van der Waals surface area contributed by atoms with Crippen LogP contribution >= 0.6 is 0 Å². The van der Waals surface area contributed by atoms with Crippen LogP contribution in [0.25, 0.3) is 0 Å². The second-order valence-corrected chi connectivity index (χ2v) is 7.08. The molecule has 0 unspecified atom stereocenters. The average Bonchev–Trinajstić information content (AvgIpc) is 2.19. The number of sulfonamides is 1. The monoisotopic (exact) mass is 329 g/mol. The van der Waals surface area contributed by atoms with E-state index in [2.05, 4.69) is 9.46 Å². The highest BCUT2D eigenvalue weighted by Gasteiger charge is 2.37. The van der Waals surface area contributed by atoms with E-state index in [1.165, 1.54) is 27.7 Å². The molecule has 120 valence electrons. The van der Waals surface area contributed by atoms with Crippen molar-refractivity contribution in [3.05, 3.63) is 23.5 Å². The topological polar surface area (TPSA) is 55.4 Å². The van der Waals surface area contributed by atoms with Crippen LogP contribution in [0.4, 0.5) is 17.6 Å². The van der Waals surface area contributed by atoms with Crippen LogP contribution in [0.2, 0.25) is 0 Å². The van der Waals surface area contributed by atoms with Crippen LogP contribution in [0.1, 0.15) is 26.3 Å². The zero-order chi connectivity index (χ0) is 16.6. The molecule has 1 N–H and O–H groups in total. The van der Waals surface area contributed by atoms with E-state index < -0.39 is 38.4 Å². The maximum atomic E-state index is 13.8.